The van der Waals surface area contributed by atoms with Gasteiger partial charge in [0.05, 0.1) is 13.1 Å². The molecule has 196 valence electrons. The Morgan fingerprint density at radius 2 is 1.34 bits per heavy atom. The second kappa shape index (κ2) is 12.9. The topological polar surface area (TPSA) is 81.2 Å². The van der Waals surface area contributed by atoms with Crippen molar-refractivity contribution in [2.45, 2.75) is 73.1 Å². The van der Waals surface area contributed by atoms with Gasteiger partial charge in [-0.15, -0.1) is 0 Å². The zero-order chi connectivity index (χ0) is 26.3. The zero-order valence-corrected chi connectivity index (χ0v) is 23.4. The van der Waals surface area contributed by atoms with Crippen LogP contribution in [-0.4, -0.2) is 92.5 Å². The molecule has 8 nitrogen and oxygen atoms in total. The van der Waals surface area contributed by atoms with Crippen LogP contribution in [0.2, 0.25) is 0 Å². The third-order valence-electron chi connectivity index (χ3n) is 6.78. The quantitative estimate of drug-likeness (QED) is 0.303. The fourth-order valence-electron chi connectivity index (χ4n) is 4.34. The van der Waals surface area contributed by atoms with E-state index >= 15 is 0 Å². The molecule has 0 aromatic rings. The minimum atomic E-state index is -0.250. The normalized spacial score (nSPS) is 17.7. The van der Waals surface area contributed by atoms with E-state index in [0.29, 0.717) is 75.2 Å². The predicted octanol–water partition coefficient (Wildman–Crippen LogP) is 3.03. The first-order valence-electron chi connectivity index (χ1n) is 12.6. The van der Waals surface area contributed by atoms with Crippen molar-refractivity contribution in [1.82, 2.24) is 19.6 Å². The van der Waals surface area contributed by atoms with Crippen molar-refractivity contribution in [3.63, 3.8) is 0 Å². The number of amides is 2. The van der Waals surface area contributed by atoms with E-state index < -0.39 is 0 Å². The molecule has 0 aromatic heterocycles. The summed E-state index contributed by atoms with van der Waals surface area (Å²) >= 11 is 10.8. The summed E-state index contributed by atoms with van der Waals surface area (Å²) in [5, 5.41) is 1.14. The average Bonchev–Trinajstić information content (AvgIpc) is 3.23. The Labute approximate surface area is 220 Å². The Kier molecular flexibility index (Phi) is 10.8. The molecule has 0 aromatic carbocycles. The van der Waals surface area contributed by atoms with Gasteiger partial charge in [0.2, 0.25) is 11.8 Å². The molecule has 0 spiro atoms. The molecule has 0 bridgehead atoms. The summed E-state index contributed by atoms with van der Waals surface area (Å²) in [5.41, 5.74) is -0.250. The highest BCUT2D eigenvalue weighted by atomic mass is 32.1. The molecule has 2 saturated heterocycles. The molecule has 2 rings (SSSR count). The third-order valence-corrected chi connectivity index (χ3v) is 7.74. The molecule has 2 fully saturated rings. The average molecular weight is 525 g/mol. The fraction of sp³-hybridized carbons (Fsp3) is 0.760. The van der Waals surface area contributed by atoms with Gasteiger partial charge in [0.25, 0.3) is 0 Å². The first kappa shape index (κ1) is 29.3. The van der Waals surface area contributed by atoms with Crippen LogP contribution in [0.25, 0.3) is 0 Å². The Bertz CT molecular complexity index is 860. The summed E-state index contributed by atoms with van der Waals surface area (Å²) in [6.07, 6.45) is 2.57. The van der Waals surface area contributed by atoms with Gasteiger partial charge in [-0.2, -0.15) is 0 Å². The molecule has 1 unspecified atom stereocenters. The van der Waals surface area contributed by atoms with Crippen LogP contribution in [-0.2, 0) is 19.2 Å². The van der Waals surface area contributed by atoms with Crippen LogP contribution in [0.1, 0.15) is 73.1 Å². The van der Waals surface area contributed by atoms with E-state index in [1.807, 2.05) is 44.4 Å². The number of carbonyl (C=O) groups excluding carboxylic acids is 4. The van der Waals surface area contributed by atoms with Crippen molar-refractivity contribution in [3.05, 3.63) is 0 Å². The molecule has 10 heteroatoms. The van der Waals surface area contributed by atoms with Crippen LogP contribution in [0, 0.1) is 11.3 Å². The zero-order valence-electron chi connectivity index (χ0n) is 21.8. The van der Waals surface area contributed by atoms with Gasteiger partial charge in [0, 0.05) is 51.9 Å². The van der Waals surface area contributed by atoms with Gasteiger partial charge in [-0.1, -0.05) is 20.8 Å². The van der Waals surface area contributed by atoms with Crippen LogP contribution >= 0.6 is 24.4 Å². The molecule has 2 amide bonds. The van der Waals surface area contributed by atoms with Crippen molar-refractivity contribution >= 4 is 58.0 Å². The number of likely N-dealkylation sites (N-methyl/N-ethyl adjacent to an activating group) is 2. The molecular weight excluding hydrogens is 484 g/mol. The van der Waals surface area contributed by atoms with Gasteiger partial charge in [0.1, 0.15) is 11.6 Å². The lowest BCUT2D eigenvalue weighted by Gasteiger charge is -2.30. The maximum atomic E-state index is 12.4. The molecule has 0 saturated carbocycles. The number of carbonyl (C=O) groups is 4. The van der Waals surface area contributed by atoms with Gasteiger partial charge < -0.3 is 9.80 Å². The van der Waals surface area contributed by atoms with Crippen LogP contribution < -0.4 is 0 Å². The second-order valence-corrected chi connectivity index (χ2v) is 11.2. The molecule has 0 radical (unpaired) electrons. The summed E-state index contributed by atoms with van der Waals surface area (Å²) in [4.78, 5) is 56.3. The monoisotopic (exact) mass is 524 g/mol. The number of hydrogen-bond donors (Lipinski definition) is 0. The number of nitrogens with zero attached hydrogens (tertiary/aromatic N) is 4. The Morgan fingerprint density at radius 1 is 0.857 bits per heavy atom. The van der Waals surface area contributed by atoms with Gasteiger partial charge in [-0.05, 0) is 62.5 Å². The lowest BCUT2D eigenvalue weighted by Crippen LogP contribution is -2.39. The highest BCUT2D eigenvalue weighted by molar-refractivity contribution is 7.80. The molecule has 0 N–H and O–H groups in total. The number of Topliss-reactive ketones (excluding diaryl/α,β-unsaturated/α-hetero) is 2. The Balaban J connectivity index is 1.67. The van der Waals surface area contributed by atoms with Crippen LogP contribution in [0.5, 0.6) is 0 Å². The number of thiocarbonyl (C=S) groups is 2. The van der Waals surface area contributed by atoms with Crippen molar-refractivity contribution < 1.29 is 19.2 Å². The van der Waals surface area contributed by atoms with E-state index in [2.05, 4.69) is 0 Å². The SMILES string of the molecule is CCN1CC(=O)N(CC(C)CCC(=O)CCC(=O)CCC(C)(C)CN2C(=O)CN(CC)C2=S)C1=S. The molecule has 35 heavy (non-hydrogen) atoms. The standard InChI is InChI=1S/C25H40N4O4S2/c1-6-26-15-21(32)28(23(26)34)14-18(3)8-9-19(30)10-11-20(31)12-13-25(4,5)17-29-22(33)16-27(7-2)24(29)35/h18H,6-17H2,1-5H3. The molecule has 0 aliphatic carbocycles. The minimum Gasteiger partial charge on any atom is -0.340 e. The maximum absolute atomic E-state index is 12.4. The van der Waals surface area contributed by atoms with E-state index in [4.69, 9.17) is 24.4 Å². The highest BCUT2D eigenvalue weighted by Crippen LogP contribution is 2.27. The van der Waals surface area contributed by atoms with Gasteiger partial charge in [-0.3, -0.25) is 29.0 Å². The van der Waals surface area contributed by atoms with Crippen molar-refractivity contribution in [2.24, 2.45) is 11.3 Å². The lowest BCUT2D eigenvalue weighted by atomic mass is 9.85. The van der Waals surface area contributed by atoms with E-state index in [-0.39, 0.29) is 47.6 Å². The molecular formula is C25H40N4O4S2. The molecule has 2 aliphatic rings. The first-order chi connectivity index (χ1) is 16.4. The third kappa shape index (κ3) is 8.31. The first-order valence-corrected chi connectivity index (χ1v) is 13.4. The van der Waals surface area contributed by atoms with Gasteiger partial charge >= 0.3 is 0 Å². The maximum Gasteiger partial charge on any atom is 0.248 e. The molecule has 1 atom stereocenters. The fourth-order valence-corrected chi connectivity index (χ4v) is 5.07. The van der Waals surface area contributed by atoms with Crippen molar-refractivity contribution in [1.29, 1.82) is 0 Å². The van der Waals surface area contributed by atoms with E-state index in [0.717, 1.165) is 0 Å². The van der Waals surface area contributed by atoms with E-state index in [1.165, 1.54) is 0 Å². The van der Waals surface area contributed by atoms with Crippen molar-refractivity contribution in [2.75, 3.05) is 39.3 Å². The smallest absolute Gasteiger partial charge is 0.248 e. The Hall–Kier alpha value is -1.94. The number of ketones is 2. The van der Waals surface area contributed by atoms with E-state index in [9.17, 15) is 19.2 Å². The minimum absolute atomic E-state index is 0.00897. The second-order valence-electron chi connectivity index (χ2n) is 10.5. The number of hydrogen-bond acceptors (Lipinski definition) is 6. The van der Waals surface area contributed by atoms with Crippen LogP contribution in [0.3, 0.4) is 0 Å². The van der Waals surface area contributed by atoms with Gasteiger partial charge in [-0.25, -0.2) is 0 Å². The Morgan fingerprint density at radius 3 is 1.86 bits per heavy atom. The molecule has 2 aliphatic heterocycles. The summed E-state index contributed by atoms with van der Waals surface area (Å²) in [6, 6.07) is 0. The van der Waals surface area contributed by atoms with Crippen LogP contribution in [0.15, 0.2) is 0 Å². The summed E-state index contributed by atoms with van der Waals surface area (Å²) in [6.45, 7) is 13.1. The largest absolute Gasteiger partial charge is 0.340 e. The van der Waals surface area contributed by atoms with Crippen LogP contribution in [0.4, 0.5) is 0 Å². The lowest BCUT2D eigenvalue weighted by molar-refractivity contribution is -0.127. The van der Waals surface area contributed by atoms with Crippen molar-refractivity contribution in [3.8, 4) is 0 Å². The van der Waals surface area contributed by atoms with E-state index in [1.54, 1.807) is 9.80 Å². The number of rotatable bonds is 15. The summed E-state index contributed by atoms with van der Waals surface area (Å²) in [5.74, 6) is 0.314. The predicted molar refractivity (Wildman–Crippen MR) is 144 cm³/mol. The summed E-state index contributed by atoms with van der Waals surface area (Å²) < 4.78 is 0. The summed E-state index contributed by atoms with van der Waals surface area (Å²) in [7, 11) is 0. The molecule has 2 heterocycles. The van der Waals surface area contributed by atoms with Gasteiger partial charge in [0.15, 0.2) is 10.2 Å². The highest BCUT2D eigenvalue weighted by Gasteiger charge is 2.36.